The Morgan fingerprint density at radius 3 is 2.00 bits per heavy atom. The lowest BCUT2D eigenvalue weighted by Crippen LogP contribution is -1.93. The number of hydrogen-bond donors (Lipinski definition) is 0. The molecular weight excluding hydrogens is 266 g/mol. The van der Waals surface area contributed by atoms with Gasteiger partial charge in [0.1, 0.15) is 0 Å². The second-order valence-corrected chi connectivity index (χ2v) is 4.62. The van der Waals surface area contributed by atoms with Crippen molar-refractivity contribution >= 4 is 34.5 Å². The maximum absolute atomic E-state index is 10.7. The molecule has 5 heteroatoms. The number of carbonyl (C=O) groups excluding carboxylic acids is 1. The number of carbonyl (C=O) groups is 1. The molecule has 0 aliphatic heterocycles. The van der Waals surface area contributed by atoms with Gasteiger partial charge >= 0.3 is 0 Å². The highest BCUT2D eigenvalue weighted by molar-refractivity contribution is 14.1. The Morgan fingerprint density at radius 2 is 1.80 bits per heavy atom. The molecule has 0 aliphatic carbocycles. The van der Waals surface area contributed by atoms with Gasteiger partial charge in [0.25, 0.3) is 11.9 Å². The van der Waals surface area contributed by atoms with Crippen LogP contribution in [-0.4, -0.2) is 16.7 Å². The number of halogens is 1. The predicted molar refractivity (Wildman–Crippen MR) is 49.6 cm³/mol. The highest BCUT2D eigenvalue weighted by atomic mass is 127. The second-order valence-electron chi connectivity index (χ2n) is 1.35. The fourth-order valence-electron chi connectivity index (χ4n) is 0.373. The summed E-state index contributed by atoms with van der Waals surface area (Å²) in [6, 6.07) is 0. The van der Waals surface area contributed by atoms with Gasteiger partial charge in [-0.25, -0.2) is 0 Å². The lowest BCUT2D eigenvalue weighted by atomic mass is 10.9. The second kappa shape index (κ2) is 6.46. The summed E-state index contributed by atoms with van der Waals surface area (Å²) in [5.41, 5.74) is 0. The summed E-state index contributed by atoms with van der Waals surface area (Å²) < 4.78 is 10.0. The molecule has 0 aromatic carbocycles. The van der Waals surface area contributed by atoms with Crippen LogP contribution in [0.2, 0.25) is 0 Å². The van der Waals surface area contributed by atoms with E-state index in [1.807, 2.05) is 13.8 Å². The Morgan fingerprint density at radius 1 is 1.40 bits per heavy atom. The summed E-state index contributed by atoms with van der Waals surface area (Å²) in [6.45, 7) is 4.74. The number of hydrogen-bond acceptors (Lipinski definition) is 3. The fraction of sp³-hybridized carbons (Fsp3) is 0.800. The standard InChI is InChI=1S/C5H10IO3P/c1-3-8-10(5(6)7)9-4-2/h3-4H2,1-2H3. The smallest absolute Gasteiger partial charge is 0.269 e. The van der Waals surface area contributed by atoms with Crippen molar-refractivity contribution in [2.45, 2.75) is 13.8 Å². The molecule has 10 heavy (non-hydrogen) atoms. The zero-order valence-corrected chi connectivity index (χ0v) is 9.02. The van der Waals surface area contributed by atoms with E-state index in [1.54, 1.807) is 22.6 Å². The van der Waals surface area contributed by atoms with Crippen LogP contribution in [0.4, 0.5) is 4.79 Å². The SMILES string of the molecule is CCOP(OCC)C(=O)I. The fourth-order valence-corrected chi connectivity index (χ4v) is 1.96. The van der Waals surface area contributed by atoms with Gasteiger partial charge in [-0.1, -0.05) is 0 Å². The van der Waals surface area contributed by atoms with Crippen LogP contribution in [0.1, 0.15) is 13.8 Å². The summed E-state index contributed by atoms with van der Waals surface area (Å²) >= 11 is 1.69. The Bertz CT molecular complexity index is 103. The first-order chi connectivity index (χ1) is 4.72. The van der Waals surface area contributed by atoms with E-state index in [2.05, 4.69) is 0 Å². The van der Waals surface area contributed by atoms with Crippen LogP contribution in [0.15, 0.2) is 0 Å². The monoisotopic (exact) mass is 276 g/mol. The van der Waals surface area contributed by atoms with E-state index in [1.165, 1.54) is 0 Å². The maximum atomic E-state index is 10.7. The molecule has 0 aliphatic rings. The molecule has 0 bridgehead atoms. The molecule has 0 unspecified atom stereocenters. The van der Waals surface area contributed by atoms with Crippen LogP contribution in [0.3, 0.4) is 0 Å². The summed E-state index contributed by atoms with van der Waals surface area (Å²) in [5, 5.41) is 0. The van der Waals surface area contributed by atoms with Crippen LogP contribution >= 0.6 is 31.0 Å². The van der Waals surface area contributed by atoms with Crippen molar-refractivity contribution in [1.82, 2.24) is 0 Å². The molecular formula is C5H10IO3P. The minimum Gasteiger partial charge on any atom is -0.328 e. The molecule has 0 aromatic heterocycles. The molecule has 0 spiro atoms. The molecule has 60 valence electrons. The first-order valence-corrected chi connectivity index (χ1v) is 5.23. The maximum Gasteiger partial charge on any atom is 0.269 e. The van der Waals surface area contributed by atoms with Crippen LogP contribution in [0.25, 0.3) is 0 Å². The topological polar surface area (TPSA) is 35.5 Å². The van der Waals surface area contributed by atoms with Gasteiger partial charge in [0.15, 0.2) is 0 Å². The first kappa shape index (κ1) is 10.8. The quantitative estimate of drug-likeness (QED) is 0.440. The van der Waals surface area contributed by atoms with Gasteiger partial charge in [-0.3, -0.25) is 4.79 Å². The molecule has 0 aromatic rings. The minimum atomic E-state index is -1.27. The highest BCUT2D eigenvalue weighted by Crippen LogP contribution is 2.42. The zero-order chi connectivity index (χ0) is 7.98. The van der Waals surface area contributed by atoms with Gasteiger partial charge in [0.2, 0.25) is 0 Å². The van der Waals surface area contributed by atoms with Gasteiger partial charge in [-0.15, -0.1) is 0 Å². The average Bonchev–Trinajstić information content (AvgIpc) is 1.87. The third kappa shape index (κ3) is 4.55. The molecule has 3 nitrogen and oxygen atoms in total. The van der Waals surface area contributed by atoms with E-state index in [-0.39, 0.29) is 3.53 Å². The Kier molecular flexibility index (Phi) is 6.94. The summed E-state index contributed by atoms with van der Waals surface area (Å²) in [5.74, 6) is 0. The Labute approximate surface area is 75.5 Å². The van der Waals surface area contributed by atoms with E-state index in [0.29, 0.717) is 13.2 Å². The van der Waals surface area contributed by atoms with Crippen molar-refractivity contribution < 1.29 is 13.8 Å². The van der Waals surface area contributed by atoms with E-state index in [9.17, 15) is 4.79 Å². The van der Waals surface area contributed by atoms with E-state index >= 15 is 0 Å². The Hall–Kier alpha value is 0.750. The van der Waals surface area contributed by atoms with Gasteiger partial charge in [0, 0.05) is 22.6 Å². The lowest BCUT2D eigenvalue weighted by Gasteiger charge is -2.09. The van der Waals surface area contributed by atoms with Crippen molar-refractivity contribution in [2.75, 3.05) is 13.2 Å². The summed E-state index contributed by atoms with van der Waals surface area (Å²) in [7, 11) is -1.27. The van der Waals surface area contributed by atoms with Crippen LogP contribution in [0, 0.1) is 0 Å². The third-order valence-corrected chi connectivity index (χ3v) is 3.09. The van der Waals surface area contributed by atoms with Crippen molar-refractivity contribution in [2.24, 2.45) is 0 Å². The normalized spacial score (nSPS) is 10.4. The van der Waals surface area contributed by atoms with Crippen molar-refractivity contribution in [3.05, 3.63) is 0 Å². The van der Waals surface area contributed by atoms with Gasteiger partial charge in [-0.2, -0.15) is 0 Å². The molecule has 0 atom stereocenters. The molecule has 0 N–H and O–H groups in total. The van der Waals surface area contributed by atoms with Gasteiger partial charge in [0.05, 0.1) is 13.2 Å². The number of rotatable bonds is 5. The minimum absolute atomic E-state index is 0.0451. The molecule has 0 amide bonds. The molecule has 0 saturated heterocycles. The Balaban J connectivity index is 3.61. The van der Waals surface area contributed by atoms with Crippen molar-refractivity contribution in [3.63, 3.8) is 0 Å². The van der Waals surface area contributed by atoms with Crippen LogP contribution in [-0.2, 0) is 9.05 Å². The van der Waals surface area contributed by atoms with Crippen LogP contribution < -0.4 is 0 Å². The molecule has 0 heterocycles. The molecule has 0 saturated carbocycles. The lowest BCUT2D eigenvalue weighted by molar-refractivity contribution is 0.250. The molecule has 0 radical (unpaired) electrons. The summed E-state index contributed by atoms with van der Waals surface area (Å²) in [6.07, 6.45) is 0. The van der Waals surface area contributed by atoms with Crippen molar-refractivity contribution in [1.29, 1.82) is 0 Å². The van der Waals surface area contributed by atoms with Gasteiger partial charge < -0.3 is 9.05 Å². The highest BCUT2D eigenvalue weighted by Gasteiger charge is 2.16. The third-order valence-electron chi connectivity index (χ3n) is 0.636. The van der Waals surface area contributed by atoms with Gasteiger partial charge in [-0.05, 0) is 13.8 Å². The summed E-state index contributed by atoms with van der Waals surface area (Å²) in [4.78, 5) is 10.7. The van der Waals surface area contributed by atoms with E-state index in [0.717, 1.165) is 0 Å². The van der Waals surface area contributed by atoms with E-state index in [4.69, 9.17) is 9.05 Å². The average molecular weight is 276 g/mol. The largest absolute Gasteiger partial charge is 0.328 e. The predicted octanol–water partition coefficient (Wildman–Crippen LogP) is 2.93. The zero-order valence-electron chi connectivity index (χ0n) is 5.96. The van der Waals surface area contributed by atoms with Crippen LogP contribution in [0.5, 0.6) is 0 Å². The first-order valence-electron chi connectivity index (χ1n) is 2.97. The van der Waals surface area contributed by atoms with E-state index < -0.39 is 8.38 Å². The molecule has 0 rings (SSSR count). The molecule has 0 fully saturated rings. The van der Waals surface area contributed by atoms with Crippen molar-refractivity contribution in [3.8, 4) is 0 Å².